The average molecular weight is 542 g/mol. The SMILES string of the molecule is C/C(=N\N=C(\N)[O-])c1ccc(-c2ccccc2)cc1.CCC[CH2][Sn+]([CH2]CCC)[CH2]CCC. The van der Waals surface area contributed by atoms with E-state index in [-0.39, 0.29) is 0 Å². The van der Waals surface area contributed by atoms with E-state index in [0.717, 1.165) is 16.7 Å². The molecule has 0 bridgehead atoms. The van der Waals surface area contributed by atoms with Gasteiger partial charge in [-0.1, -0.05) is 54.6 Å². The minimum atomic E-state index is -0.839. The van der Waals surface area contributed by atoms with Crippen molar-refractivity contribution in [3.63, 3.8) is 0 Å². The Bertz CT molecular complexity index is 765. The molecule has 5 heteroatoms. The molecule has 0 atom stereocenters. The van der Waals surface area contributed by atoms with Crippen LogP contribution in [0.5, 0.6) is 0 Å². The number of hydrogen-bond acceptors (Lipinski definition) is 3. The number of nitrogens with two attached hydrogens (primary N) is 1. The molecule has 32 heavy (non-hydrogen) atoms. The molecule has 0 aliphatic rings. The number of unbranched alkanes of at least 4 members (excludes halogenated alkanes) is 3. The van der Waals surface area contributed by atoms with Gasteiger partial charge >= 0.3 is 92.4 Å². The second kappa shape index (κ2) is 17.7. The molecule has 2 rings (SSSR count). The normalized spacial score (nSPS) is 11.6. The Labute approximate surface area is 202 Å². The monoisotopic (exact) mass is 543 g/mol. The molecule has 4 nitrogen and oxygen atoms in total. The zero-order chi connectivity index (χ0) is 23.6. The molecule has 0 radical (unpaired) electrons. The Morgan fingerprint density at radius 3 is 1.66 bits per heavy atom. The van der Waals surface area contributed by atoms with Gasteiger partial charge in [0.25, 0.3) is 0 Å². The van der Waals surface area contributed by atoms with Crippen LogP contribution in [0.25, 0.3) is 11.1 Å². The number of hydrogen-bond donors (Lipinski definition) is 1. The Kier molecular flexibility index (Phi) is 15.6. The van der Waals surface area contributed by atoms with Crippen molar-refractivity contribution >= 4 is 31.5 Å². The van der Waals surface area contributed by atoms with Crippen LogP contribution in [0, 0.1) is 0 Å². The van der Waals surface area contributed by atoms with Crippen molar-refractivity contribution in [2.45, 2.75) is 79.5 Å². The summed E-state index contributed by atoms with van der Waals surface area (Å²) < 4.78 is 5.04. The van der Waals surface area contributed by atoms with Crippen LogP contribution in [0.15, 0.2) is 64.8 Å². The minimum absolute atomic E-state index is 0.651. The van der Waals surface area contributed by atoms with Gasteiger partial charge in [-0.05, 0) is 23.6 Å². The van der Waals surface area contributed by atoms with Gasteiger partial charge in [0.05, 0.1) is 11.7 Å². The Hall–Kier alpha value is -1.82. The second-order valence-electron chi connectivity index (χ2n) is 8.13. The van der Waals surface area contributed by atoms with Gasteiger partial charge in [0.15, 0.2) is 0 Å². The van der Waals surface area contributed by atoms with E-state index >= 15 is 0 Å². The number of rotatable bonds is 12. The molecular formula is C27H41N3OSn. The third-order valence-corrected chi connectivity index (χ3v) is 14.4. The Morgan fingerprint density at radius 2 is 1.22 bits per heavy atom. The summed E-state index contributed by atoms with van der Waals surface area (Å²) in [7, 11) is 0. The van der Waals surface area contributed by atoms with Crippen LogP contribution >= 0.6 is 0 Å². The molecule has 0 aromatic heterocycles. The molecule has 0 unspecified atom stereocenters. The van der Waals surface area contributed by atoms with E-state index in [1.807, 2.05) is 42.5 Å². The third-order valence-electron chi connectivity index (χ3n) is 5.36. The van der Waals surface area contributed by atoms with E-state index in [0.29, 0.717) is 5.71 Å². The van der Waals surface area contributed by atoms with Gasteiger partial charge in [0, 0.05) is 0 Å². The molecule has 0 amide bonds. The molecule has 0 aliphatic carbocycles. The van der Waals surface area contributed by atoms with E-state index in [1.54, 1.807) is 20.2 Å². The second-order valence-corrected chi connectivity index (χ2v) is 16.7. The van der Waals surface area contributed by atoms with Crippen molar-refractivity contribution in [1.29, 1.82) is 0 Å². The van der Waals surface area contributed by atoms with Crippen LogP contribution in [0.3, 0.4) is 0 Å². The van der Waals surface area contributed by atoms with Crippen LogP contribution in [-0.2, 0) is 0 Å². The molecule has 174 valence electrons. The maximum atomic E-state index is 10.5. The summed E-state index contributed by atoms with van der Waals surface area (Å²) >= 11 is -0.839. The fourth-order valence-corrected chi connectivity index (χ4v) is 12.8. The van der Waals surface area contributed by atoms with Crippen molar-refractivity contribution in [3.05, 3.63) is 60.2 Å². The summed E-state index contributed by atoms with van der Waals surface area (Å²) in [5.74, 6) is 0. The summed E-state index contributed by atoms with van der Waals surface area (Å²) in [4.78, 5) is 0. The molecule has 0 fully saturated rings. The van der Waals surface area contributed by atoms with Gasteiger partial charge < -0.3 is 10.8 Å². The first-order valence-electron chi connectivity index (χ1n) is 12.1. The van der Waals surface area contributed by atoms with Crippen LogP contribution in [0.1, 0.15) is 71.8 Å². The molecule has 2 aromatic rings. The van der Waals surface area contributed by atoms with Gasteiger partial charge in [0.1, 0.15) is 0 Å². The number of benzene rings is 2. The number of nitrogens with zero attached hydrogens (tertiary/aromatic N) is 2. The summed E-state index contributed by atoms with van der Waals surface area (Å²) in [5, 5.41) is 17.6. The molecule has 0 saturated carbocycles. The molecular weight excluding hydrogens is 501 g/mol. The first kappa shape index (κ1) is 28.2. The molecule has 2 aromatic carbocycles. The van der Waals surface area contributed by atoms with Gasteiger partial charge in [-0.25, -0.2) is 0 Å². The number of amidine groups is 1. The Balaban J connectivity index is 0.000000347. The van der Waals surface area contributed by atoms with Crippen molar-refractivity contribution in [3.8, 4) is 11.1 Å². The van der Waals surface area contributed by atoms with E-state index < -0.39 is 25.8 Å². The van der Waals surface area contributed by atoms with Crippen molar-refractivity contribution in [1.82, 2.24) is 0 Å². The van der Waals surface area contributed by atoms with E-state index in [9.17, 15) is 5.11 Å². The third kappa shape index (κ3) is 12.3. The van der Waals surface area contributed by atoms with Crippen molar-refractivity contribution in [2.75, 3.05) is 0 Å². The van der Waals surface area contributed by atoms with Gasteiger partial charge in [0.2, 0.25) is 0 Å². The Morgan fingerprint density at radius 1 is 0.750 bits per heavy atom. The zero-order valence-corrected chi connectivity index (χ0v) is 23.3. The summed E-state index contributed by atoms with van der Waals surface area (Å²) in [5.41, 5.74) is 8.75. The topological polar surface area (TPSA) is 73.8 Å². The van der Waals surface area contributed by atoms with E-state index in [1.165, 1.54) is 38.5 Å². The van der Waals surface area contributed by atoms with Crippen LogP contribution in [0.4, 0.5) is 0 Å². The van der Waals surface area contributed by atoms with Crippen LogP contribution in [-0.4, -0.2) is 31.5 Å². The molecule has 0 heterocycles. The van der Waals surface area contributed by atoms with Gasteiger partial charge in [-0.3, -0.25) is 0 Å². The maximum absolute atomic E-state index is 10.5. The predicted molar refractivity (Wildman–Crippen MR) is 141 cm³/mol. The van der Waals surface area contributed by atoms with Crippen molar-refractivity contribution in [2.24, 2.45) is 15.9 Å². The van der Waals surface area contributed by atoms with Crippen LogP contribution in [0.2, 0.25) is 13.3 Å². The summed E-state index contributed by atoms with van der Waals surface area (Å²) in [6, 6.07) is 17.2. The molecule has 0 aliphatic heterocycles. The average Bonchev–Trinajstić information content (AvgIpc) is 2.83. The van der Waals surface area contributed by atoms with E-state index in [2.05, 4.69) is 43.1 Å². The standard InChI is InChI=1S/C15H15N3O.3C4H9.Sn/c1-11(17-18-15(16)19)12-7-9-14(10-8-12)13-5-3-2-4-6-13;3*1-3-4-2;/h2-10H,1H3,(H3,16,18,19);3*1,3-4H2,2H3;/q;;;;+1/p-1/b17-11+;;;;. The first-order valence-corrected chi connectivity index (χ1v) is 18.1. The predicted octanol–water partition coefficient (Wildman–Crippen LogP) is 6.63. The molecule has 0 saturated heterocycles. The van der Waals surface area contributed by atoms with Gasteiger partial charge in [-0.2, -0.15) is 5.10 Å². The fourth-order valence-electron chi connectivity index (χ4n) is 3.37. The van der Waals surface area contributed by atoms with Crippen LogP contribution < -0.4 is 10.8 Å². The summed E-state index contributed by atoms with van der Waals surface area (Å²) in [6.45, 7) is 8.78. The van der Waals surface area contributed by atoms with Crippen molar-refractivity contribution < 1.29 is 5.11 Å². The van der Waals surface area contributed by atoms with E-state index in [4.69, 9.17) is 5.73 Å². The zero-order valence-electron chi connectivity index (χ0n) is 20.4. The quantitative estimate of drug-likeness (QED) is 0.142. The molecule has 0 spiro atoms. The first-order chi connectivity index (χ1) is 15.5. The van der Waals surface area contributed by atoms with Gasteiger partial charge in [-0.15, -0.1) is 5.10 Å². The fraction of sp³-hybridized carbons (Fsp3) is 0.481. The molecule has 2 N–H and O–H groups in total. The summed E-state index contributed by atoms with van der Waals surface area (Å²) in [6.07, 6.45) is 8.85.